The van der Waals surface area contributed by atoms with Crippen molar-refractivity contribution in [2.75, 3.05) is 20.1 Å². The number of benzene rings is 1. The molecule has 3 atom stereocenters. The zero-order valence-corrected chi connectivity index (χ0v) is 17.6. The predicted octanol–water partition coefficient (Wildman–Crippen LogP) is 1.41. The van der Waals surface area contributed by atoms with E-state index < -0.39 is 6.04 Å². The molecule has 30 heavy (non-hydrogen) atoms. The van der Waals surface area contributed by atoms with Crippen molar-refractivity contribution in [3.63, 3.8) is 0 Å². The van der Waals surface area contributed by atoms with E-state index in [0.29, 0.717) is 18.5 Å². The summed E-state index contributed by atoms with van der Waals surface area (Å²) in [5.41, 5.74) is 3.15. The number of fused-ring (bicyclic) bond motifs is 3. The number of nitrogens with zero attached hydrogens (tertiary/aromatic N) is 2. The molecule has 1 saturated carbocycles. The van der Waals surface area contributed by atoms with Gasteiger partial charge in [0.25, 0.3) is 5.91 Å². The van der Waals surface area contributed by atoms with Gasteiger partial charge in [0.05, 0.1) is 0 Å². The predicted molar refractivity (Wildman–Crippen MR) is 112 cm³/mol. The number of hydrogen-bond acceptors (Lipinski definition) is 5. The first kappa shape index (κ1) is 19.7. The largest absolute Gasteiger partial charge is 0.322 e. The minimum atomic E-state index is -0.558. The molecule has 2 saturated heterocycles. The summed E-state index contributed by atoms with van der Waals surface area (Å²) < 4.78 is 0. The van der Waals surface area contributed by atoms with Crippen LogP contribution in [0.3, 0.4) is 0 Å². The smallest absolute Gasteiger partial charge is 0.255 e. The van der Waals surface area contributed by atoms with Crippen LogP contribution < -0.4 is 10.6 Å². The first-order chi connectivity index (χ1) is 14.5. The van der Waals surface area contributed by atoms with Gasteiger partial charge in [-0.15, -0.1) is 0 Å². The van der Waals surface area contributed by atoms with Crippen LogP contribution in [-0.4, -0.2) is 59.2 Å². The summed E-state index contributed by atoms with van der Waals surface area (Å²) in [6.45, 7) is 3.43. The Bertz CT molecular complexity index is 900. The number of piperidine rings is 2. The van der Waals surface area contributed by atoms with Crippen LogP contribution in [-0.2, 0) is 22.7 Å². The lowest BCUT2D eigenvalue weighted by molar-refractivity contribution is -0.136. The SMILES string of the molecule is CNC12CCCC(CN(Cc3cccc4c3CN(C3CCC(=O)NC3=O)C4=O)C1)C2. The number of imide groups is 1. The van der Waals surface area contributed by atoms with E-state index in [1.165, 1.54) is 31.2 Å². The molecule has 3 aliphatic heterocycles. The van der Waals surface area contributed by atoms with Gasteiger partial charge in [0, 0.05) is 43.7 Å². The van der Waals surface area contributed by atoms with Gasteiger partial charge < -0.3 is 10.2 Å². The molecule has 3 heterocycles. The van der Waals surface area contributed by atoms with Crippen LogP contribution in [0.4, 0.5) is 0 Å². The second-order valence-electron chi connectivity index (χ2n) is 9.51. The first-order valence-electron chi connectivity index (χ1n) is 11.1. The molecule has 0 aromatic heterocycles. The van der Waals surface area contributed by atoms with Gasteiger partial charge in [0.1, 0.15) is 6.04 Å². The van der Waals surface area contributed by atoms with Gasteiger partial charge >= 0.3 is 0 Å². The van der Waals surface area contributed by atoms with Crippen LogP contribution >= 0.6 is 0 Å². The van der Waals surface area contributed by atoms with Crippen LogP contribution in [0.5, 0.6) is 0 Å². The van der Waals surface area contributed by atoms with E-state index in [1.54, 1.807) is 4.90 Å². The van der Waals surface area contributed by atoms with Crippen molar-refractivity contribution >= 4 is 17.7 Å². The molecule has 5 rings (SSSR count). The molecule has 3 fully saturated rings. The Hall–Kier alpha value is -2.25. The number of hydrogen-bond donors (Lipinski definition) is 2. The van der Waals surface area contributed by atoms with Crippen LogP contribution in [0.1, 0.15) is 60.0 Å². The van der Waals surface area contributed by atoms with E-state index in [9.17, 15) is 14.4 Å². The van der Waals surface area contributed by atoms with Crippen LogP contribution in [0.25, 0.3) is 0 Å². The summed E-state index contributed by atoms with van der Waals surface area (Å²) in [7, 11) is 2.09. The lowest BCUT2D eigenvalue weighted by atomic mass is 9.72. The highest BCUT2D eigenvalue weighted by molar-refractivity contribution is 6.05. The molecule has 7 nitrogen and oxygen atoms in total. The maximum atomic E-state index is 13.1. The lowest BCUT2D eigenvalue weighted by Gasteiger charge is -2.50. The Balaban J connectivity index is 1.36. The van der Waals surface area contributed by atoms with Gasteiger partial charge in [-0.25, -0.2) is 0 Å². The minimum absolute atomic E-state index is 0.0939. The summed E-state index contributed by atoms with van der Waals surface area (Å²) in [4.78, 5) is 41.1. The minimum Gasteiger partial charge on any atom is -0.322 e. The number of likely N-dealkylation sites (N-methyl/N-ethyl adjacent to an activating group) is 1. The zero-order chi connectivity index (χ0) is 20.9. The maximum Gasteiger partial charge on any atom is 0.255 e. The van der Waals surface area contributed by atoms with Crippen molar-refractivity contribution in [1.82, 2.24) is 20.4 Å². The number of amides is 3. The fourth-order valence-electron chi connectivity index (χ4n) is 6.11. The Kier molecular flexibility index (Phi) is 4.90. The molecule has 2 N–H and O–H groups in total. The summed E-state index contributed by atoms with van der Waals surface area (Å²) in [6.07, 6.45) is 5.77. The molecule has 2 bridgehead atoms. The third-order valence-electron chi connectivity index (χ3n) is 7.59. The average molecular weight is 411 g/mol. The fourth-order valence-corrected chi connectivity index (χ4v) is 6.11. The van der Waals surface area contributed by atoms with Gasteiger partial charge in [-0.3, -0.25) is 24.6 Å². The van der Waals surface area contributed by atoms with Crippen molar-refractivity contribution in [2.45, 2.75) is 63.2 Å². The normalized spacial score (nSPS) is 31.6. The third-order valence-corrected chi connectivity index (χ3v) is 7.59. The van der Waals surface area contributed by atoms with E-state index in [0.717, 1.165) is 31.1 Å². The first-order valence-corrected chi connectivity index (χ1v) is 11.1. The molecule has 7 heteroatoms. The fraction of sp³-hybridized carbons (Fsp3) is 0.609. The highest BCUT2D eigenvalue weighted by Gasteiger charge is 2.42. The number of likely N-dealkylation sites (tertiary alicyclic amines) is 1. The van der Waals surface area contributed by atoms with Crippen LogP contribution in [0.2, 0.25) is 0 Å². The quantitative estimate of drug-likeness (QED) is 0.734. The second kappa shape index (κ2) is 7.46. The van der Waals surface area contributed by atoms with Crippen molar-refractivity contribution in [2.24, 2.45) is 5.92 Å². The standard InChI is InChI=1S/C23H30N4O3/c1-24-23-9-3-4-15(10-23)11-26(14-23)12-16-5-2-6-17-18(16)13-27(22(17)30)19-7-8-20(28)25-21(19)29/h2,5-6,15,19,24H,3-4,7-14H2,1H3,(H,25,28,29). The number of nitrogens with one attached hydrogen (secondary N) is 2. The maximum absolute atomic E-state index is 13.1. The zero-order valence-electron chi connectivity index (χ0n) is 17.6. The van der Waals surface area contributed by atoms with E-state index in [-0.39, 0.29) is 29.7 Å². The number of rotatable bonds is 4. The number of carbonyl (C=O) groups is 3. The van der Waals surface area contributed by atoms with Gasteiger partial charge in [0.2, 0.25) is 11.8 Å². The van der Waals surface area contributed by atoms with Crippen molar-refractivity contribution in [1.29, 1.82) is 0 Å². The molecular formula is C23H30N4O3. The molecule has 1 aromatic rings. The van der Waals surface area contributed by atoms with Crippen LogP contribution in [0.15, 0.2) is 18.2 Å². The van der Waals surface area contributed by atoms with Crippen molar-refractivity contribution in [3.05, 3.63) is 34.9 Å². The number of carbonyl (C=O) groups excluding carboxylic acids is 3. The third kappa shape index (κ3) is 3.34. The Morgan fingerprint density at radius 1 is 1.23 bits per heavy atom. The molecule has 3 amide bonds. The van der Waals surface area contributed by atoms with Gasteiger partial charge in [-0.05, 0) is 55.8 Å². The van der Waals surface area contributed by atoms with Gasteiger partial charge in [-0.1, -0.05) is 18.6 Å². The monoisotopic (exact) mass is 410 g/mol. The van der Waals surface area contributed by atoms with Crippen LogP contribution in [0, 0.1) is 5.92 Å². The van der Waals surface area contributed by atoms with Crippen molar-refractivity contribution in [3.8, 4) is 0 Å². The summed E-state index contributed by atoms with van der Waals surface area (Å²) in [6, 6.07) is 5.39. The summed E-state index contributed by atoms with van der Waals surface area (Å²) >= 11 is 0. The summed E-state index contributed by atoms with van der Waals surface area (Å²) in [5.74, 6) is 0.0332. The van der Waals surface area contributed by atoms with E-state index >= 15 is 0 Å². The molecule has 4 aliphatic rings. The molecule has 0 spiro atoms. The van der Waals surface area contributed by atoms with E-state index in [4.69, 9.17) is 0 Å². The highest BCUT2D eigenvalue weighted by atomic mass is 16.2. The Morgan fingerprint density at radius 2 is 2.10 bits per heavy atom. The lowest BCUT2D eigenvalue weighted by Crippen LogP contribution is -2.59. The second-order valence-corrected chi connectivity index (χ2v) is 9.51. The van der Waals surface area contributed by atoms with E-state index in [1.807, 2.05) is 12.1 Å². The molecular weight excluding hydrogens is 380 g/mol. The average Bonchev–Trinajstić information content (AvgIpc) is 3.05. The van der Waals surface area contributed by atoms with Gasteiger partial charge in [-0.2, -0.15) is 0 Å². The molecule has 0 radical (unpaired) electrons. The molecule has 1 aromatic carbocycles. The Labute approximate surface area is 177 Å². The van der Waals surface area contributed by atoms with E-state index in [2.05, 4.69) is 28.6 Å². The highest BCUT2D eigenvalue weighted by Crippen LogP contribution is 2.38. The van der Waals surface area contributed by atoms with Gasteiger partial charge in [0.15, 0.2) is 0 Å². The topological polar surface area (TPSA) is 81.8 Å². The molecule has 3 unspecified atom stereocenters. The molecule has 1 aliphatic carbocycles. The Morgan fingerprint density at radius 3 is 2.90 bits per heavy atom. The summed E-state index contributed by atoms with van der Waals surface area (Å²) in [5, 5.41) is 5.99. The van der Waals surface area contributed by atoms with Crippen molar-refractivity contribution < 1.29 is 14.4 Å². The molecule has 160 valence electrons.